The highest BCUT2D eigenvalue weighted by Crippen LogP contribution is 2.25. The van der Waals surface area contributed by atoms with Gasteiger partial charge >= 0.3 is 0 Å². The molecule has 1 atom stereocenters. The molecular weight excluding hydrogens is 314 g/mol. The maximum atomic E-state index is 12.6. The molecule has 2 amide bonds. The Morgan fingerprint density at radius 3 is 2.61 bits per heavy atom. The second kappa shape index (κ2) is 10.2. The summed E-state index contributed by atoms with van der Waals surface area (Å²) >= 11 is 0. The van der Waals surface area contributed by atoms with Gasteiger partial charge in [0.05, 0.1) is 0 Å². The average Bonchev–Trinajstić information content (AvgIpc) is 2.55. The van der Waals surface area contributed by atoms with E-state index in [9.17, 15) is 9.59 Å². The fourth-order valence-corrected chi connectivity index (χ4v) is 2.78. The lowest BCUT2D eigenvalue weighted by Crippen LogP contribution is -2.46. The minimum atomic E-state index is -0.511. The third-order valence-electron chi connectivity index (χ3n) is 3.94. The highest BCUT2D eigenvalue weighted by molar-refractivity contribution is 5.89. The van der Waals surface area contributed by atoms with Crippen molar-refractivity contribution in [2.45, 2.75) is 31.7 Å². The summed E-state index contributed by atoms with van der Waals surface area (Å²) in [6.45, 7) is 2.13. The first-order valence-corrected chi connectivity index (χ1v) is 8.00. The standard InChI is InChI=1S/C17H25N3O2.ClH/c1-18-11-7-12-19-17(22)16(14-8-3-2-4-9-14)20-13-6-5-10-15(20)21;/h2-4,8-9,16,18H,5-7,10-13H2,1H3,(H,19,22);1H. The number of nitrogens with zero attached hydrogens (tertiary/aromatic N) is 1. The summed E-state index contributed by atoms with van der Waals surface area (Å²) < 4.78 is 0. The van der Waals surface area contributed by atoms with E-state index in [1.807, 2.05) is 37.4 Å². The van der Waals surface area contributed by atoms with E-state index in [-0.39, 0.29) is 24.2 Å². The molecule has 23 heavy (non-hydrogen) atoms. The molecule has 0 radical (unpaired) electrons. The minimum absolute atomic E-state index is 0. The van der Waals surface area contributed by atoms with E-state index in [0.29, 0.717) is 19.5 Å². The van der Waals surface area contributed by atoms with Gasteiger partial charge in [0.15, 0.2) is 0 Å². The molecule has 0 spiro atoms. The number of nitrogens with one attached hydrogen (secondary N) is 2. The fraction of sp³-hybridized carbons (Fsp3) is 0.529. The zero-order valence-corrected chi connectivity index (χ0v) is 14.4. The first kappa shape index (κ1) is 19.5. The molecule has 6 heteroatoms. The van der Waals surface area contributed by atoms with Crippen LogP contribution in [0.25, 0.3) is 0 Å². The van der Waals surface area contributed by atoms with Crippen LogP contribution in [-0.2, 0) is 9.59 Å². The Morgan fingerprint density at radius 2 is 1.96 bits per heavy atom. The minimum Gasteiger partial charge on any atom is -0.354 e. The number of rotatable bonds is 7. The van der Waals surface area contributed by atoms with Crippen LogP contribution in [0.15, 0.2) is 30.3 Å². The molecule has 2 N–H and O–H groups in total. The Labute approximate surface area is 144 Å². The number of benzene rings is 1. The van der Waals surface area contributed by atoms with E-state index in [1.165, 1.54) is 0 Å². The molecule has 1 aliphatic rings. The third kappa shape index (κ3) is 5.52. The zero-order valence-electron chi connectivity index (χ0n) is 13.6. The summed E-state index contributed by atoms with van der Waals surface area (Å²) in [6, 6.07) is 9.06. The molecule has 1 heterocycles. The molecule has 0 saturated carbocycles. The van der Waals surface area contributed by atoms with Crippen LogP contribution in [0.1, 0.15) is 37.3 Å². The smallest absolute Gasteiger partial charge is 0.247 e. The molecule has 5 nitrogen and oxygen atoms in total. The Kier molecular flexibility index (Phi) is 8.66. The largest absolute Gasteiger partial charge is 0.354 e. The van der Waals surface area contributed by atoms with Gasteiger partial charge < -0.3 is 15.5 Å². The quantitative estimate of drug-likeness (QED) is 0.746. The van der Waals surface area contributed by atoms with Gasteiger partial charge in [0.1, 0.15) is 6.04 Å². The predicted octanol–water partition coefficient (Wildman–Crippen LogP) is 1.89. The highest BCUT2D eigenvalue weighted by Gasteiger charge is 2.32. The fourth-order valence-electron chi connectivity index (χ4n) is 2.78. The number of likely N-dealkylation sites (tertiary alicyclic amines) is 1. The third-order valence-corrected chi connectivity index (χ3v) is 3.94. The molecule has 0 bridgehead atoms. The molecule has 1 aromatic rings. The number of carbonyl (C=O) groups excluding carboxylic acids is 2. The summed E-state index contributed by atoms with van der Waals surface area (Å²) in [4.78, 5) is 26.6. The van der Waals surface area contributed by atoms with E-state index >= 15 is 0 Å². The summed E-state index contributed by atoms with van der Waals surface area (Å²) in [5.74, 6) is -0.0111. The molecule has 1 fully saturated rings. The van der Waals surface area contributed by atoms with Crippen molar-refractivity contribution in [3.63, 3.8) is 0 Å². The maximum Gasteiger partial charge on any atom is 0.247 e. The van der Waals surface area contributed by atoms with E-state index in [0.717, 1.165) is 31.4 Å². The van der Waals surface area contributed by atoms with Gasteiger partial charge in [-0.1, -0.05) is 30.3 Å². The van der Waals surface area contributed by atoms with Gasteiger partial charge in [0.2, 0.25) is 11.8 Å². The van der Waals surface area contributed by atoms with Crippen LogP contribution in [0.3, 0.4) is 0 Å². The lowest BCUT2D eigenvalue weighted by Gasteiger charge is -2.34. The van der Waals surface area contributed by atoms with Gasteiger partial charge in [0.25, 0.3) is 0 Å². The number of hydrogen-bond acceptors (Lipinski definition) is 3. The normalized spacial score (nSPS) is 15.7. The number of hydrogen-bond donors (Lipinski definition) is 2. The van der Waals surface area contributed by atoms with Crippen molar-refractivity contribution < 1.29 is 9.59 Å². The van der Waals surface area contributed by atoms with Gasteiger partial charge in [-0.15, -0.1) is 12.4 Å². The topological polar surface area (TPSA) is 61.4 Å². The Balaban J connectivity index is 0.00000264. The Hall–Kier alpha value is -1.59. The maximum absolute atomic E-state index is 12.6. The number of carbonyl (C=O) groups is 2. The van der Waals surface area contributed by atoms with Crippen molar-refractivity contribution in [1.82, 2.24) is 15.5 Å². The first-order chi connectivity index (χ1) is 10.7. The van der Waals surface area contributed by atoms with Crippen LogP contribution in [0.4, 0.5) is 0 Å². The molecule has 1 aliphatic heterocycles. The van der Waals surface area contributed by atoms with Crippen molar-refractivity contribution in [2.75, 3.05) is 26.7 Å². The van der Waals surface area contributed by atoms with Crippen molar-refractivity contribution in [2.24, 2.45) is 0 Å². The monoisotopic (exact) mass is 339 g/mol. The van der Waals surface area contributed by atoms with Gasteiger partial charge in [-0.3, -0.25) is 9.59 Å². The van der Waals surface area contributed by atoms with Gasteiger partial charge in [-0.05, 0) is 38.4 Å². The molecule has 1 aromatic carbocycles. The molecule has 2 rings (SSSR count). The number of piperidine rings is 1. The summed E-state index contributed by atoms with van der Waals surface area (Å²) in [7, 11) is 1.89. The summed E-state index contributed by atoms with van der Waals surface area (Å²) in [6.07, 6.45) is 3.29. The Morgan fingerprint density at radius 1 is 1.22 bits per heavy atom. The second-order valence-electron chi connectivity index (χ2n) is 5.61. The van der Waals surface area contributed by atoms with Crippen LogP contribution < -0.4 is 10.6 Å². The van der Waals surface area contributed by atoms with E-state index in [2.05, 4.69) is 10.6 Å². The molecular formula is C17H26ClN3O2. The van der Waals surface area contributed by atoms with Crippen molar-refractivity contribution >= 4 is 24.2 Å². The highest BCUT2D eigenvalue weighted by atomic mass is 35.5. The van der Waals surface area contributed by atoms with Gasteiger partial charge in [0, 0.05) is 19.5 Å². The van der Waals surface area contributed by atoms with Crippen LogP contribution in [0, 0.1) is 0 Å². The van der Waals surface area contributed by atoms with Crippen LogP contribution >= 0.6 is 12.4 Å². The average molecular weight is 340 g/mol. The van der Waals surface area contributed by atoms with E-state index < -0.39 is 6.04 Å². The second-order valence-corrected chi connectivity index (χ2v) is 5.61. The Bertz CT molecular complexity index is 496. The summed E-state index contributed by atoms with van der Waals surface area (Å²) in [5.41, 5.74) is 0.879. The van der Waals surface area contributed by atoms with Gasteiger partial charge in [-0.2, -0.15) is 0 Å². The lowest BCUT2D eigenvalue weighted by molar-refractivity contribution is -0.142. The molecule has 1 saturated heterocycles. The van der Waals surface area contributed by atoms with Gasteiger partial charge in [-0.25, -0.2) is 0 Å². The lowest BCUT2D eigenvalue weighted by atomic mass is 10.0. The van der Waals surface area contributed by atoms with E-state index in [4.69, 9.17) is 0 Å². The van der Waals surface area contributed by atoms with Crippen molar-refractivity contribution in [1.29, 1.82) is 0 Å². The SMILES string of the molecule is CNCCCNC(=O)C(c1ccccc1)N1CCCCC1=O.Cl. The molecule has 0 aromatic heterocycles. The van der Waals surface area contributed by atoms with Crippen molar-refractivity contribution in [3.05, 3.63) is 35.9 Å². The van der Waals surface area contributed by atoms with Crippen LogP contribution in [0.2, 0.25) is 0 Å². The zero-order chi connectivity index (χ0) is 15.8. The summed E-state index contributed by atoms with van der Waals surface area (Å²) in [5, 5.41) is 6.02. The molecule has 128 valence electrons. The number of amides is 2. The molecule has 0 aliphatic carbocycles. The van der Waals surface area contributed by atoms with E-state index in [1.54, 1.807) is 4.90 Å². The first-order valence-electron chi connectivity index (χ1n) is 8.00. The van der Waals surface area contributed by atoms with Crippen LogP contribution in [-0.4, -0.2) is 43.4 Å². The predicted molar refractivity (Wildman–Crippen MR) is 93.5 cm³/mol. The van der Waals surface area contributed by atoms with Crippen LogP contribution in [0.5, 0.6) is 0 Å². The van der Waals surface area contributed by atoms with Crippen molar-refractivity contribution in [3.8, 4) is 0 Å². The number of halogens is 1. The molecule has 1 unspecified atom stereocenters.